The molecule has 0 spiro atoms. The van der Waals surface area contributed by atoms with Gasteiger partial charge in [-0.3, -0.25) is 4.79 Å². The molecule has 1 amide bonds. The van der Waals surface area contributed by atoms with Crippen LogP contribution in [0.4, 0.5) is 10.3 Å². The van der Waals surface area contributed by atoms with Crippen LogP contribution in [-0.4, -0.2) is 61.1 Å². The molecule has 1 aliphatic heterocycles. The lowest BCUT2D eigenvalue weighted by Crippen LogP contribution is -2.40. The predicted molar refractivity (Wildman–Crippen MR) is 89.4 cm³/mol. The van der Waals surface area contributed by atoms with Gasteiger partial charge in [-0.2, -0.15) is 0 Å². The quantitative estimate of drug-likeness (QED) is 0.833. The van der Waals surface area contributed by atoms with E-state index in [0.717, 1.165) is 25.9 Å². The molecular weight excluding hydrogens is 313 g/mol. The Hall–Kier alpha value is -2.22. The highest BCUT2D eigenvalue weighted by atomic mass is 19.1. The largest absolute Gasteiger partial charge is 0.486 e. The molecule has 8 heteroatoms. The Morgan fingerprint density at radius 1 is 1.42 bits per heavy atom. The van der Waals surface area contributed by atoms with Gasteiger partial charge in [-0.15, -0.1) is 0 Å². The van der Waals surface area contributed by atoms with E-state index in [9.17, 15) is 9.18 Å². The Labute approximate surface area is 141 Å². The topological polar surface area (TPSA) is 84.6 Å². The van der Waals surface area contributed by atoms with Crippen LogP contribution in [-0.2, 0) is 4.79 Å². The van der Waals surface area contributed by atoms with Crippen molar-refractivity contribution in [3.8, 4) is 5.75 Å². The molecule has 1 aromatic heterocycles. The van der Waals surface area contributed by atoms with Crippen molar-refractivity contribution in [2.24, 2.45) is 11.7 Å². The fourth-order valence-corrected chi connectivity index (χ4v) is 2.55. The third-order valence-corrected chi connectivity index (χ3v) is 4.02. The molecule has 0 bridgehead atoms. The highest BCUT2D eigenvalue weighted by Gasteiger charge is 2.27. The van der Waals surface area contributed by atoms with Gasteiger partial charge < -0.3 is 20.3 Å². The van der Waals surface area contributed by atoms with Crippen molar-refractivity contribution < 1.29 is 13.9 Å². The maximum Gasteiger partial charge on any atom is 0.225 e. The first-order valence-electron chi connectivity index (χ1n) is 7.94. The molecule has 0 aromatic carbocycles. The molecule has 0 unspecified atom stereocenters. The van der Waals surface area contributed by atoms with Crippen molar-refractivity contribution in [1.82, 2.24) is 14.9 Å². The molecule has 0 aliphatic carbocycles. The second kappa shape index (κ2) is 8.58. The van der Waals surface area contributed by atoms with E-state index >= 15 is 0 Å². The number of ether oxygens (including phenoxy) is 1. The van der Waals surface area contributed by atoms with Crippen LogP contribution < -0.4 is 15.4 Å². The van der Waals surface area contributed by atoms with Crippen LogP contribution in [0.25, 0.3) is 0 Å². The average Bonchev–Trinajstić information content (AvgIpc) is 2.62. The minimum Gasteiger partial charge on any atom is -0.486 e. The van der Waals surface area contributed by atoms with Crippen molar-refractivity contribution in [3.63, 3.8) is 0 Å². The van der Waals surface area contributed by atoms with Crippen LogP contribution in [0.2, 0.25) is 0 Å². The van der Waals surface area contributed by atoms with Crippen LogP contribution >= 0.6 is 0 Å². The molecule has 2 N–H and O–H groups in total. The highest BCUT2D eigenvalue weighted by molar-refractivity contribution is 5.78. The SMILES string of the molecule is CN(C)C(=O)C1CCN(c2ncc(OC/C(=C/F)CN)cn2)CC1. The minimum atomic E-state index is 0.0704. The third-order valence-electron chi connectivity index (χ3n) is 4.02. The van der Waals surface area contributed by atoms with Gasteiger partial charge in [0.25, 0.3) is 0 Å². The van der Waals surface area contributed by atoms with Gasteiger partial charge in [-0.25, -0.2) is 14.4 Å². The van der Waals surface area contributed by atoms with Crippen LogP contribution in [0, 0.1) is 5.92 Å². The monoisotopic (exact) mass is 337 g/mol. The van der Waals surface area contributed by atoms with E-state index in [2.05, 4.69) is 14.9 Å². The summed E-state index contributed by atoms with van der Waals surface area (Å²) in [6.07, 6.45) is 5.16. The second-order valence-corrected chi connectivity index (χ2v) is 5.97. The Morgan fingerprint density at radius 3 is 2.54 bits per heavy atom. The number of amides is 1. The molecule has 1 aromatic rings. The number of hydrogen-bond donors (Lipinski definition) is 1. The number of aromatic nitrogens is 2. The fourth-order valence-electron chi connectivity index (χ4n) is 2.55. The molecule has 1 saturated heterocycles. The van der Waals surface area contributed by atoms with Crippen LogP contribution in [0.15, 0.2) is 24.3 Å². The minimum absolute atomic E-state index is 0.0704. The average molecular weight is 337 g/mol. The molecule has 0 radical (unpaired) electrons. The summed E-state index contributed by atoms with van der Waals surface area (Å²) in [6.45, 7) is 1.67. The molecule has 2 rings (SSSR count). The van der Waals surface area contributed by atoms with Crippen molar-refractivity contribution in [2.45, 2.75) is 12.8 Å². The van der Waals surface area contributed by atoms with E-state index in [-0.39, 0.29) is 25.0 Å². The van der Waals surface area contributed by atoms with Gasteiger partial charge in [0, 0.05) is 45.2 Å². The first kappa shape index (κ1) is 18.1. The molecule has 1 aliphatic rings. The Bertz CT molecular complexity index is 568. The van der Waals surface area contributed by atoms with E-state index in [1.165, 1.54) is 0 Å². The number of halogens is 1. The van der Waals surface area contributed by atoms with Crippen LogP contribution in [0.5, 0.6) is 5.75 Å². The molecule has 0 saturated carbocycles. The smallest absolute Gasteiger partial charge is 0.225 e. The predicted octanol–water partition coefficient (Wildman–Crippen LogP) is 0.972. The number of nitrogens with two attached hydrogens (primary N) is 1. The summed E-state index contributed by atoms with van der Waals surface area (Å²) in [5.74, 6) is 1.32. The molecule has 1 fully saturated rings. The molecule has 24 heavy (non-hydrogen) atoms. The summed E-state index contributed by atoms with van der Waals surface area (Å²) in [5, 5.41) is 0. The van der Waals surface area contributed by atoms with Crippen LogP contribution in [0.3, 0.4) is 0 Å². The Kier molecular flexibility index (Phi) is 6.48. The van der Waals surface area contributed by atoms with Crippen molar-refractivity contribution in [1.29, 1.82) is 0 Å². The lowest BCUT2D eigenvalue weighted by molar-refractivity contribution is -0.133. The standard InChI is InChI=1S/C16H24FN5O2/c1-21(2)15(23)13-3-5-22(6-4-13)16-19-9-14(10-20-16)24-11-12(7-17)8-18/h7,9-10,13H,3-6,8,11,18H2,1-2H3/b12-7+. The van der Waals surface area contributed by atoms with Gasteiger partial charge in [0.15, 0.2) is 5.75 Å². The third kappa shape index (κ3) is 4.64. The second-order valence-electron chi connectivity index (χ2n) is 5.97. The van der Waals surface area contributed by atoms with Crippen molar-refractivity contribution in [3.05, 3.63) is 24.3 Å². The number of carbonyl (C=O) groups is 1. The van der Waals surface area contributed by atoms with E-state index in [1.807, 2.05) is 0 Å². The number of hydrogen-bond acceptors (Lipinski definition) is 6. The summed E-state index contributed by atoms with van der Waals surface area (Å²) >= 11 is 0. The van der Waals surface area contributed by atoms with Crippen molar-refractivity contribution in [2.75, 3.05) is 45.2 Å². The molecule has 0 atom stereocenters. The van der Waals surface area contributed by atoms with E-state index in [1.54, 1.807) is 31.4 Å². The summed E-state index contributed by atoms with van der Waals surface area (Å²) in [6, 6.07) is 0. The van der Waals surface area contributed by atoms with Gasteiger partial charge in [0.1, 0.15) is 6.61 Å². The van der Waals surface area contributed by atoms with E-state index in [0.29, 0.717) is 23.6 Å². The summed E-state index contributed by atoms with van der Waals surface area (Å²) in [4.78, 5) is 24.3. The Morgan fingerprint density at radius 2 is 2.04 bits per heavy atom. The normalized spacial score (nSPS) is 16.2. The van der Waals surface area contributed by atoms with Gasteiger partial charge in [0.05, 0.1) is 18.7 Å². The summed E-state index contributed by atoms with van der Waals surface area (Å²) in [7, 11) is 3.56. The highest BCUT2D eigenvalue weighted by Crippen LogP contribution is 2.22. The number of anilines is 1. The lowest BCUT2D eigenvalue weighted by Gasteiger charge is -2.32. The lowest BCUT2D eigenvalue weighted by atomic mass is 9.96. The van der Waals surface area contributed by atoms with Gasteiger partial charge in [-0.05, 0) is 12.8 Å². The first-order chi connectivity index (χ1) is 11.5. The number of nitrogens with zero attached hydrogens (tertiary/aromatic N) is 4. The van der Waals surface area contributed by atoms with Gasteiger partial charge >= 0.3 is 0 Å². The summed E-state index contributed by atoms with van der Waals surface area (Å²) < 4.78 is 17.8. The van der Waals surface area contributed by atoms with Crippen molar-refractivity contribution >= 4 is 11.9 Å². The van der Waals surface area contributed by atoms with Crippen LogP contribution in [0.1, 0.15) is 12.8 Å². The number of carbonyl (C=O) groups excluding carboxylic acids is 1. The van der Waals surface area contributed by atoms with Gasteiger partial charge in [-0.1, -0.05) is 0 Å². The molecule has 7 nitrogen and oxygen atoms in total. The first-order valence-corrected chi connectivity index (χ1v) is 7.94. The zero-order valence-electron chi connectivity index (χ0n) is 14.1. The maximum absolute atomic E-state index is 12.4. The zero-order valence-corrected chi connectivity index (χ0v) is 14.1. The zero-order chi connectivity index (χ0) is 17.5. The van der Waals surface area contributed by atoms with Gasteiger partial charge in [0.2, 0.25) is 11.9 Å². The maximum atomic E-state index is 12.4. The molecule has 2 heterocycles. The van der Waals surface area contributed by atoms with E-state index < -0.39 is 0 Å². The van der Waals surface area contributed by atoms with E-state index in [4.69, 9.17) is 10.5 Å². The fraction of sp³-hybridized carbons (Fsp3) is 0.562. The molecule has 132 valence electrons. The number of rotatable bonds is 6. The number of piperidine rings is 1. The molecular formula is C16H24FN5O2. The Balaban J connectivity index is 1.87. The summed E-state index contributed by atoms with van der Waals surface area (Å²) in [5.41, 5.74) is 5.73.